The third-order valence-electron chi connectivity index (χ3n) is 3.19. The molecule has 1 aliphatic rings. The molecule has 1 aromatic rings. The van der Waals surface area contributed by atoms with E-state index in [1.807, 2.05) is 7.05 Å². The van der Waals surface area contributed by atoms with Crippen LogP contribution in [0, 0.1) is 0 Å². The molecule has 0 amide bonds. The molecule has 106 valence electrons. The van der Waals surface area contributed by atoms with Crippen LogP contribution in [0.4, 0.5) is 18.9 Å². The summed E-state index contributed by atoms with van der Waals surface area (Å²) in [5.74, 6) is 0. The van der Waals surface area contributed by atoms with Gasteiger partial charge in [0, 0.05) is 18.8 Å². The minimum atomic E-state index is -4.28. The standard InChI is InChI=1S/C13H17F3N2O/c1-17-8-12-9-19-7-6-18(12)11-4-2-10(3-5-11)13(14,15)16/h2-5,12,17H,6-9H2,1H3. The van der Waals surface area contributed by atoms with Crippen molar-refractivity contribution in [2.45, 2.75) is 12.2 Å². The Morgan fingerprint density at radius 2 is 2.00 bits per heavy atom. The zero-order valence-electron chi connectivity index (χ0n) is 10.7. The molecule has 1 saturated heterocycles. The summed E-state index contributed by atoms with van der Waals surface area (Å²) in [7, 11) is 1.85. The Morgan fingerprint density at radius 1 is 1.32 bits per heavy atom. The Balaban J connectivity index is 2.15. The number of nitrogens with one attached hydrogen (secondary N) is 1. The number of ether oxygens (including phenoxy) is 1. The summed E-state index contributed by atoms with van der Waals surface area (Å²) < 4.78 is 42.9. The van der Waals surface area contributed by atoms with E-state index in [-0.39, 0.29) is 6.04 Å². The number of anilines is 1. The van der Waals surface area contributed by atoms with Crippen molar-refractivity contribution < 1.29 is 17.9 Å². The highest BCUT2D eigenvalue weighted by molar-refractivity contribution is 5.49. The smallest absolute Gasteiger partial charge is 0.377 e. The van der Waals surface area contributed by atoms with Gasteiger partial charge in [0.25, 0.3) is 0 Å². The van der Waals surface area contributed by atoms with Crippen LogP contribution in [0.5, 0.6) is 0 Å². The number of likely N-dealkylation sites (N-methyl/N-ethyl adjacent to an activating group) is 1. The molecule has 1 unspecified atom stereocenters. The first-order valence-electron chi connectivity index (χ1n) is 6.18. The van der Waals surface area contributed by atoms with Gasteiger partial charge in [-0.1, -0.05) is 0 Å². The second-order valence-corrected chi connectivity index (χ2v) is 4.52. The third kappa shape index (κ3) is 3.39. The molecule has 19 heavy (non-hydrogen) atoms. The van der Waals surface area contributed by atoms with Crippen molar-refractivity contribution in [3.05, 3.63) is 29.8 Å². The minimum absolute atomic E-state index is 0.149. The Hall–Kier alpha value is -1.27. The summed E-state index contributed by atoms with van der Waals surface area (Å²) in [6, 6.07) is 5.45. The molecule has 1 N–H and O–H groups in total. The molecule has 0 aliphatic carbocycles. The highest BCUT2D eigenvalue weighted by Crippen LogP contribution is 2.31. The summed E-state index contributed by atoms with van der Waals surface area (Å²) in [6.07, 6.45) is -4.28. The predicted molar refractivity (Wildman–Crippen MR) is 67.3 cm³/mol. The lowest BCUT2D eigenvalue weighted by Gasteiger charge is -2.37. The van der Waals surface area contributed by atoms with Gasteiger partial charge >= 0.3 is 6.18 Å². The summed E-state index contributed by atoms with van der Waals surface area (Å²) >= 11 is 0. The second kappa shape index (κ2) is 5.79. The molecule has 0 aromatic heterocycles. The minimum Gasteiger partial charge on any atom is -0.377 e. The van der Waals surface area contributed by atoms with Crippen molar-refractivity contribution in [1.82, 2.24) is 5.32 Å². The predicted octanol–water partition coefficient (Wildman–Crippen LogP) is 2.13. The maximum absolute atomic E-state index is 12.5. The summed E-state index contributed by atoms with van der Waals surface area (Å²) in [5, 5.41) is 3.07. The van der Waals surface area contributed by atoms with Gasteiger partial charge in [-0.2, -0.15) is 13.2 Å². The first kappa shape index (κ1) is 14.1. The Morgan fingerprint density at radius 3 is 2.58 bits per heavy atom. The molecule has 1 fully saturated rings. The molecule has 6 heteroatoms. The van der Waals surface area contributed by atoms with Crippen molar-refractivity contribution in [1.29, 1.82) is 0 Å². The normalized spacial score (nSPS) is 20.6. The van der Waals surface area contributed by atoms with E-state index in [0.29, 0.717) is 19.8 Å². The van der Waals surface area contributed by atoms with E-state index in [9.17, 15) is 13.2 Å². The van der Waals surface area contributed by atoms with Gasteiger partial charge in [-0.15, -0.1) is 0 Å². The van der Waals surface area contributed by atoms with Gasteiger partial charge in [0.2, 0.25) is 0 Å². The highest BCUT2D eigenvalue weighted by Gasteiger charge is 2.30. The van der Waals surface area contributed by atoms with E-state index < -0.39 is 11.7 Å². The van der Waals surface area contributed by atoms with Gasteiger partial charge in [-0.05, 0) is 31.3 Å². The topological polar surface area (TPSA) is 24.5 Å². The van der Waals surface area contributed by atoms with Gasteiger partial charge in [0.1, 0.15) is 0 Å². The molecule has 0 saturated carbocycles. The van der Waals surface area contributed by atoms with Crippen LogP contribution in [0.2, 0.25) is 0 Å². The fourth-order valence-electron chi connectivity index (χ4n) is 2.24. The van der Waals surface area contributed by atoms with Crippen LogP contribution in [0.25, 0.3) is 0 Å². The van der Waals surface area contributed by atoms with Crippen LogP contribution in [-0.2, 0) is 10.9 Å². The largest absolute Gasteiger partial charge is 0.416 e. The fourth-order valence-corrected chi connectivity index (χ4v) is 2.24. The van der Waals surface area contributed by atoms with E-state index >= 15 is 0 Å². The number of morpholine rings is 1. The quantitative estimate of drug-likeness (QED) is 0.914. The number of rotatable bonds is 3. The molecule has 1 heterocycles. The van der Waals surface area contributed by atoms with Crippen LogP contribution < -0.4 is 10.2 Å². The van der Waals surface area contributed by atoms with E-state index in [1.165, 1.54) is 12.1 Å². The number of benzene rings is 1. The van der Waals surface area contributed by atoms with Gasteiger partial charge in [-0.3, -0.25) is 0 Å². The van der Waals surface area contributed by atoms with Crippen LogP contribution >= 0.6 is 0 Å². The SMILES string of the molecule is CNCC1COCCN1c1ccc(C(F)(F)F)cc1. The maximum atomic E-state index is 12.5. The van der Waals surface area contributed by atoms with Crippen LogP contribution in [0.15, 0.2) is 24.3 Å². The van der Waals surface area contributed by atoms with Crippen molar-refractivity contribution in [2.24, 2.45) is 0 Å². The van der Waals surface area contributed by atoms with Gasteiger partial charge in [-0.25, -0.2) is 0 Å². The first-order valence-corrected chi connectivity index (χ1v) is 6.18. The second-order valence-electron chi connectivity index (χ2n) is 4.52. The van der Waals surface area contributed by atoms with E-state index in [4.69, 9.17) is 4.74 Å². The van der Waals surface area contributed by atoms with Crippen molar-refractivity contribution in [3.63, 3.8) is 0 Å². The zero-order chi connectivity index (χ0) is 13.9. The Bertz CT molecular complexity index is 403. The summed E-state index contributed by atoms with van der Waals surface area (Å²) in [6.45, 7) is 2.61. The monoisotopic (exact) mass is 274 g/mol. The molecule has 1 aliphatic heterocycles. The zero-order valence-corrected chi connectivity index (χ0v) is 10.7. The molecular weight excluding hydrogens is 257 g/mol. The van der Waals surface area contributed by atoms with Crippen molar-refractivity contribution in [3.8, 4) is 0 Å². The van der Waals surface area contributed by atoms with Crippen LogP contribution in [0.3, 0.4) is 0 Å². The highest BCUT2D eigenvalue weighted by atomic mass is 19.4. The van der Waals surface area contributed by atoms with E-state index in [2.05, 4.69) is 10.2 Å². The number of nitrogens with zero attached hydrogens (tertiary/aromatic N) is 1. The lowest BCUT2D eigenvalue weighted by atomic mass is 10.1. The molecular formula is C13H17F3N2O. The average Bonchev–Trinajstić information content (AvgIpc) is 2.39. The van der Waals surface area contributed by atoms with Crippen molar-refractivity contribution in [2.75, 3.05) is 38.3 Å². The first-order chi connectivity index (χ1) is 9.02. The number of hydrogen-bond acceptors (Lipinski definition) is 3. The lowest BCUT2D eigenvalue weighted by Crippen LogP contribution is -2.50. The molecule has 0 radical (unpaired) electrons. The van der Waals surface area contributed by atoms with Gasteiger partial charge in [0.05, 0.1) is 24.8 Å². The van der Waals surface area contributed by atoms with Gasteiger partial charge < -0.3 is 15.0 Å². The Kier molecular flexibility index (Phi) is 4.31. The summed E-state index contributed by atoms with van der Waals surface area (Å²) in [4.78, 5) is 2.08. The average molecular weight is 274 g/mol. The number of halogens is 3. The Labute approximate surface area is 110 Å². The molecule has 0 bridgehead atoms. The maximum Gasteiger partial charge on any atom is 0.416 e. The van der Waals surface area contributed by atoms with Crippen molar-refractivity contribution >= 4 is 5.69 Å². The summed E-state index contributed by atoms with van der Waals surface area (Å²) in [5.41, 5.74) is 0.186. The molecule has 2 rings (SSSR count). The molecule has 3 nitrogen and oxygen atoms in total. The molecule has 0 spiro atoms. The van der Waals surface area contributed by atoms with E-state index in [1.54, 1.807) is 0 Å². The third-order valence-corrected chi connectivity index (χ3v) is 3.19. The van der Waals surface area contributed by atoms with Gasteiger partial charge in [0.15, 0.2) is 0 Å². The molecule has 1 aromatic carbocycles. The fraction of sp³-hybridized carbons (Fsp3) is 0.538. The van der Waals surface area contributed by atoms with E-state index in [0.717, 1.165) is 24.4 Å². The molecule has 1 atom stereocenters. The number of alkyl halides is 3. The van der Waals surface area contributed by atoms with Crippen LogP contribution in [0.1, 0.15) is 5.56 Å². The number of hydrogen-bond donors (Lipinski definition) is 1. The van der Waals surface area contributed by atoms with Crippen LogP contribution in [-0.4, -0.2) is 39.4 Å². The lowest BCUT2D eigenvalue weighted by molar-refractivity contribution is -0.137.